The molecule has 1 N–H and O–H groups in total. The Labute approximate surface area is 165 Å². The van der Waals surface area contributed by atoms with E-state index < -0.39 is 0 Å². The van der Waals surface area contributed by atoms with E-state index in [1.54, 1.807) is 30.6 Å². The molecule has 0 fully saturated rings. The van der Waals surface area contributed by atoms with Crippen molar-refractivity contribution in [2.45, 2.75) is 19.8 Å². The lowest BCUT2D eigenvalue weighted by Gasteiger charge is -2.06. The SMILES string of the molecule is CC(C)c1nc(-c2cnc3ccc(-c4cn[nH]c4-c4ccccc4F)cn23)no1. The number of hydrogen-bond acceptors (Lipinski definition) is 5. The molecule has 0 radical (unpaired) electrons. The smallest absolute Gasteiger partial charge is 0.229 e. The number of nitrogens with one attached hydrogen (secondary N) is 1. The molecule has 0 saturated carbocycles. The molecule has 0 aliphatic carbocycles. The van der Waals surface area contributed by atoms with Crippen LogP contribution in [-0.2, 0) is 0 Å². The van der Waals surface area contributed by atoms with Crippen LogP contribution < -0.4 is 0 Å². The van der Waals surface area contributed by atoms with Gasteiger partial charge >= 0.3 is 0 Å². The molecule has 7 nitrogen and oxygen atoms in total. The summed E-state index contributed by atoms with van der Waals surface area (Å²) in [7, 11) is 0. The Hall–Kier alpha value is -3.81. The first-order valence-electron chi connectivity index (χ1n) is 9.21. The van der Waals surface area contributed by atoms with Crippen molar-refractivity contribution in [1.29, 1.82) is 0 Å². The molecule has 0 amide bonds. The fourth-order valence-electron chi connectivity index (χ4n) is 3.25. The van der Waals surface area contributed by atoms with Crippen LogP contribution in [0.4, 0.5) is 4.39 Å². The molecule has 0 saturated heterocycles. The average molecular weight is 388 g/mol. The first-order chi connectivity index (χ1) is 14.1. The minimum Gasteiger partial charge on any atom is -0.339 e. The molecule has 0 unspecified atom stereocenters. The van der Waals surface area contributed by atoms with E-state index >= 15 is 0 Å². The van der Waals surface area contributed by atoms with Gasteiger partial charge in [-0.25, -0.2) is 9.37 Å². The predicted molar refractivity (Wildman–Crippen MR) is 106 cm³/mol. The summed E-state index contributed by atoms with van der Waals surface area (Å²) in [5.74, 6) is 0.873. The minimum atomic E-state index is -0.310. The summed E-state index contributed by atoms with van der Waals surface area (Å²) < 4.78 is 21.5. The molecule has 29 heavy (non-hydrogen) atoms. The highest BCUT2D eigenvalue weighted by Crippen LogP contribution is 2.32. The highest BCUT2D eigenvalue weighted by Gasteiger charge is 2.17. The van der Waals surface area contributed by atoms with Crippen LogP contribution in [0.15, 0.2) is 59.5 Å². The molecule has 0 atom stereocenters. The van der Waals surface area contributed by atoms with E-state index in [0.717, 1.165) is 16.8 Å². The van der Waals surface area contributed by atoms with Crippen molar-refractivity contribution in [2.75, 3.05) is 0 Å². The van der Waals surface area contributed by atoms with Crippen LogP contribution in [0.3, 0.4) is 0 Å². The average Bonchev–Trinajstić information content (AvgIpc) is 3.46. The van der Waals surface area contributed by atoms with Gasteiger partial charge in [-0.1, -0.05) is 31.1 Å². The monoisotopic (exact) mass is 388 g/mol. The van der Waals surface area contributed by atoms with Gasteiger partial charge in [0.15, 0.2) is 0 Å². The van der Waals surface area contributed by atoms with Gasteiger partial charge in [-0.05, 0) is 24.3 Å². The number of halogens is 1. The second-order valence-corrected chi connectivity index (χ2v) is 7.04. The third-order valence-corrected chi connectivity index (χ3v) is 4.76. The van der Waals surface area contributed by atoms with Crippen LogP contribution in [0, 0.1) is 5.82 Å². The van der Waals surface area contributed by atoms with Crippen molar-refractivity contribution in [3.8, 4) is 33.9 Å². The number of aromatic amines is 1. The number of rotatable bonds is 4. The zero-order valence-corrected chi connectivity index (χ0v) is 15.8. The summed E-state index contributed by atoms with van der Waals surface area (Å²) in [5, 5.41) is 11.1. The Morgan fingerprint density at radius 1 is 1.07 bits per heavy atom. The van der Waals surface area contributed by atoms with Gasteiger partial charge in [0.05, 0.1) is 18.1 Å². The Balaban J connectivity index is 1.63. The molecule has 0 aliphatic heterocycles. The Morgan fingerprint density at radius 3 is 2.72 bits per heavy atom. The van der Waals surface area contributed by atoms with Gasteiger partial charge in [-0.15, -0.1) is 0 Å². The number of aromatic nitrogens is 6. The second kappa shape index (κ2) is 6.66. The third-order valence-electron chi connectivity index (χ3n) is 4.76. The topological polar surface area (TPSA) is 84.9 Å². The van der Waals surface area contributed by atoms with E-state index in [4.69, 9.17) is 4.52 Å². The van der Waals surface area contributed by atoms with E-state index in [0.29, 0.717) is 28.7 Å². The number of pyridine rings is 1. The van der Waals surface area contributed by atoms with E-state index in [9.17, 15) is 4.39 Å². The quantitative estimate of drug-likeness (QED) is 0.482. The zero-order chi connectivity index (χ0) is 20.0. The molecule has 0 aliphatic rings. The van der Waals surface area contributed by atoms with Crippen molar-refractivity contribution < 1.29 is 8.91 Å². The fraction of sp³-hybridized carbons (Fsp3) is 0.143. The van der Waals surface area contributed by atoms with Crippen LogP contribution in [-0.4, -0.2) is 29.7 Å². The summed E-state index contributed by atoms with van der Waals surface area (Å²) in [6.45, 7) is 3.99. The lowest BCUT2D eigenvalue weighted by molar-refractivity contribution is 0.365. The van der Waals surface area contributed by atoms with E-state index in [-0.39, 0.29) is 11.7 Å². The van der Waals surface area contributed by atoms with Crippen LogP contribution in [0.25, 0.3) is 39.5 Å². The molecule has 0 spiro atoms. The van der Waals surface area contributed by atoms with Gasteiger partial charge in [-0.3, -0.25) is 9.50 Å². The van der Waals surface area contributed by atoms with E-state index in [1.165, 1.54) is 6.07 Å². The molecule has 5 rings (SSSR count). The van der Waals surface area contributed by atoms with Crippen molar-refractivity contribution in [3.63, 3.8) is 0 Å². The van der Waals surface area contributed by atoms with Crippen LogP contribution >= 0.6 is 0 Å². The minimum absolute atomic E-state index is 0.139. The van der Waals surface area contributed by atoms with Crippen LogP contribution in [0.5, 0.6) is 0 Å². The Bertz CT molecular complexity index is 1320. The van der Waals surface area contributed by atoms with Crippen LogP contribution in [0.1, 0.15) is 25.7 Å². The Kier molecular flexibility index (Phi) is 3.97. The van der Waals surface area contributed by atoms with Gasteiger partial charge in [0.25, 0.3) is 0 Å². The van der Waals surface area contributed by atoms with Gasteiger partial charge in [0.2, 0.25) is 11.7 Å². The maximum atomic E-state index is 14.3. The summed E-state index contributed by atoms with van der Waals surface area (Å²) >= 11 is 0. The van der Waals surface area contributed by atoms with Crippen LogP contribution in [0.2, 0.25) is 0 Å². The number of H-pyrrole nitrogens is 1. The second-order valence-electron chi connectivity index (χ2n) is 7.04. The number of hydrogen-bond donors (Lipinski definition) is 1. The largest absolute Gasteiger partial charge is 0.339 e. The number of benzene rings is 1. The fourth-order valence-corrected chi connectivity index (χ4v) is 3.25. The molecule has 5 aromatic rings. The highest BCUT2D eigenvalue weighted by molar-refractivity contribution is 5.81. The van der Waals surface area contributed by atoms with Crippen molar-refractivity contribution in [2.24, 2.45) is 0 Å². The van der Waals surface area contributed by atoms with E-state index in [2.05, 4.69) is 25.3 Å². The zero-order valence-electron chi connectivity index (χ0n) is 15.8. The van der Waals surface area contributed by atoms with Crippen molar-refractivity contribution in [1.82, 2.24) is 29.7 Å². The van der Waals surface area contributed by atoms with Gasteiger partial charge in [0.1, 0.15) is 17.2 Å². The van der Waals surface area contributed by atoms with E-state index in [1.807, 2.05) is 36.6 Å². The lowest BCUT2D eigenvalue weighted by Crippen LogP contribution is -1.93. The molecule has 8 heteroatoms. The molecule has 0 bridgehead atoms. The maximum absolute atomic E-state index is 14.3. The third kappa shape index (κ3) is 2.89. The van der Waals surface area contributed by atoms with Crippen molar-refractivity contribution in [3.05, 3.63) is 66.7 Å². The van der Waals surface area contributed by atoms with Crippen molar-refractivity contribution >= 4 is 5.65 Å². The summed E-state index contributed by atoms with van der Waals surface area (Å²) in [6, 6.07) is 10.4. The van der Waals surface area contributed by atoms with Gasteiger partial charge in [-0.2, -0.15) is 10.1 Å². The molecule has 4 heterocycles. The Morgan fingerprint density at radius 2 is 1.93 bits per heavy atom. The number of imidazole rings is 1. The summed E-state index contributed by atoms with van der Waals surface area (Å²) in [5.41, 5.74) is 4.18. The highest BCUT2D eigenvalue weighted by atomic mass is 19.1. The first kappa shape index (κ1) is 17.3. The predicted octanol–water partition coefficient (Wildman–Crippen LogP) is 4.70. The molecular weight excluding hydrogens is 371 g/mol. The number of fused-ring (bicyclic) bond motifs is 1. The normalized spacial score (nSPS) is 11.6. The standard InChI is InChI=1S/C21H17FN6O/c1-12(2)21-25-20(27-29-21)17-10-23-18-8-7-13(11-28(17)18)15-9-24-26-19(15)14-5-3-4-6-16(14)22/h3-12H,1-2H3,(H,24,26). The number of nitrogens with zero attached hydrogens (tertiary/aromatic N) is 5. The maximum Gasteiger partial charge on any atom is 0.229 e. The first-order valence-corrected chi connectivity index (χ1v) is 9.21. The summed E-state index contributed by atoms with van der Waals surface area (Å²) in [4.78, 5) is 8.89. The molecule has 144 valence electrons. The summed E-state index contributed by atoms with van der Waals surface area (Å²) in [6.07, 6.45) is 5.31. The lowest BCUT2D eigenvalue weighted by atomic mass is 10.0. The van der Waals surface area contributed by atoms with Gasteiger partial charge < -0.3 is 4.52 Å². The molecule has 1 aromatic carbocycles. The molecular formula is C21H17FN6O. The van der Waals surface area contributed by atoms with Gasteiger partial charge in [0, 0.05) is 28.8 Å². The molecule has 4 aromatic heterocycles.